The van der Waals surface area contributed by atoms with Gasteiger partial charge in [0.1, 0.15) is 5.75 Å². The lowest BCUT2D eigenvalue weighted by molar-refractivity contribution is 0.0950. The number of hydrogen-bond donors (Lipinski definition) is 1. The monoisotopic (exact) mass is 455 g/mol. The highest BCUT2D eigenvalue weighted by atomic mass is 32.2. The Morgan fingerprint density at radius 2 is 1.97 bits per heavy atom. The van der Waals surface area contributed by atoms with Crippen molar-refractivity contribution in [2.45, 2.75) is 17.9 Å². The van der Waals surface area contributed by atoms with Crippen molar-refractivity contribution in [3.63, 3.8) is 0 Å². The van der Waals surface area contributed by atoms with Gasteiger partial charge in [0.2, 0.25) is 0 Å². The van der Waals surface area contributed by atoms with Crippen LogP contribution in [0.5, 0.6) is 5.75 Å². The molecule has 0 radical (unpaired) electrons. The molecule has 1 amide bonds. The zero-order valence-electron chi connectivity index (χ0n) is 18.5. The standard InChI is InChI=1S/C27H25N3O2S/c1-33-22-9-6-19(7-10-22)17-29-27(31)20-8-11-25-26(16-20)32-15-3-14-30(25)24-5-2-4-21-18-28-13-12-23(21)24/h2,4-13,16,18H,3,14-15,17H2,1H3,(H,29,31). The van der Waals surface area contributed by atoms with E-state index in [1.165, 1.54) is 4.90 Å². The maximum absolute atomic E-state index is 12.8. The van der Waals surface area contributed by atoms with E-state index in [0.29, 0.717) is 18.7 Å². The van der Waals surface area contributed by atoms with Crippen molar-refractivity contribution in [3.05, 3.63) is 90.3 Å². The van der Waals surface area contributed by atoms with Crippen molar-refractivity contribution < 1.29 is 9.53 Å². The second-order valence-corrected chi connectivity index (χ2v) is 8.82. The molecule has 3 aromatic carbocycles. The fraction of sp³-hybridized carbons (Fsp3) is 0.185. The van der Waals surface area contributed by atoms with E-state index in [0.717, 1.165) is 46.4 Å². The zero-order chi connectivity index (χ0) is 22.6. The van der Waals surface area contributed by atoms with Crippen LogP contribution < -0.4 is 15.0 Å². The first kappa shape index (κ1) is 21.3. The van der Waals surface area contributed by atoms with Crippen LogP contribution in [0.2, 0.25) is 0 Å². The molecule has 0 fully saturated rings. The molecular weight excluding hydrogens is 430 g/mol. The molecule has 0 unspecified atom stereocenters. The number of amides is 1. The molecule has 0 aliphatic carbocycles. The number of carbonyl (C=O) groups excluding carboxylic acids is 1. The predicted octanol–water partition coefficient (Wildman–Crippen LogP) is 5.81. The summed E-state index contributed by atoms with van der Waals surface area (Å²) in [5.74, 6) is 0.623. The minimum Gasteiger partial charge on any atom is -0.491 e. The first-order valence-corrected chi connectivity index (χ1v) is 12.2. The summed E-state index contributed by atoms with van der Waals surface area (Å²) in [7, 11) is 0. The van der Waals surface area contributed by atoms with Crippen molar-refractivity contribution >= 4 is 39.8 Å². The highest BCUT2D eigenvalue weighted by Crippen LogP contribution is 2.39. The topological polar surface area (TPSA) is 54.5 Å². The van der Waals surface area contributed by atoms with E-state index in [1.54, 1.807) is 11.8 Å². The molecule has 166 valence electrons. The van der Waals surface area contributed by atoms with Crippen molar-refractivity contribution in [2.24, 2.45) is 0 Å². The molecule has 0 spiro atoms. The van der Waals surface area contributed by atoms with Gasteiger partial charge in [-0.15, -0.1) is 11.8 Å². The lowest BCUT2D eigenvalue weighted by atomic mass is 10.1. The third-order valence-electron chi connectivity index (χ3n) is 5.86. The third-order valence-corrected chi connectivity index (χ3v) is 6.60. The second-order valence-electron chi connectivity index (χ2n) is 7.94. The Balaban J connectivity index is 1.40. The van der Waals surface area contributed by atoms with Gasteiger partial charge in [-0.05, 0) is 60.7 Å². The van der Waals surface area contributed by atoms with Crippen molar-refractivity contribution in [2.75, 3.05) is 24.3 Å². The number of nitrogens with one attached hydrogen (secondary N) is 1. The Bertz CT molecular complexity index is 1290. The number of anilines is 2. The van der Waals surface area contributed by atoms with Gasteiger partial charge in [-0.2, -0.15) is 0 Å². The van der Waals surface area contributed by atoms with E-state index in [-0.39, 0.29) is 5.91 Å². The zero-order valence-corrected chi connectivity index (χ0v) is 19.3. The fourth-order valence-electron chi connectivity index (χ4n) is 4.14. The van der Waals surface area contributed by atoms with E-state index in [2.05, 4.69) is 51.8 Å². The molecule has 0 saturated carbocycles. The Morgan fingerprint density at radius 3 is 2.82 bits per heavy atom. The van der Waals surface area contributed by atoms with E-state index < -0.39 is 0 Å². The van der Waals surface area contributed by atoms with Gasteiger partial charge in [0.25, 0.3) is 5.91 Å². The quantitative estimate of drug-likeness (QED) is 0.385. The van der Waals surface area contributed by atoms with Crippen molar-refractivity contribution in [1.29, 1.82) is 0 Å². The molecule has 1 N–H and O–H groups in total. The average molecular weight is 456 g/mol. The van der Waals surface area contributed by atoms with Gasteiger partial charge < -0.3 is 15.0 Å². The Kier molecular flexibility index (Phi) is 6.17. The van der Waals surface area contributed by atoms with E-state index in [1.807, 2.05) is 48.8 Å². The molecule has 5 nitrogen and oxygen atoms in total. The van der Waals surface area contributed by atoms with Crippen LogP contribution in [0, 0.1) is 0 Å². The summed E-state index contributed by atoms with van der Waals surface area (Å²) in [6, 6.07) is 22.2. The summed E-state index contributed by atoms with van der Waals surface area (Å²) in [5.41, 5.74) is 3.76. The largest absolute Gasteiger partial charge is 0.491 e. The van der Waals surface area contributed by atoms with Crippen LogP contribution in [0.25, 0.3) is 10.8 Å². The summed E-state index contributed by atoms with van der Waals surface area (Å²) < 4.78 is 6.06. The van der Waals surface area contributed by atoms with Crippen LogP contribution in [0.3, 0.4) is 0 Å². The molecule has 1 aromatic heterocycles. The number of aromatic nitrogens is 1. The summed E-state index contributed by atoms with van der Waals surface area (Å²) >= 11 is 1.70. The predicted molar refractivity (Wildman–Crippen MR) is 135 cm³/mol. The van der Waals surface area contributed by atoms with Gasteiger partial charge in [-0.25, -0.2) is 0 Å². The lowest BCUT2D eigenvalue weighted by Crippen LogP contribution is -2.23. The van der Waals surface area contributed by atoms with E-state index in [9.17, 15) is 4.79 Å². The smallest absolute Gasteiger partial charge is 0.251 e. The van der Waals surface area contributed by atoms with Gasteiger partial charge in [-0.3, -0.25) is 9.78 Å². The van der Waals surface area contributed by atoms with Crippen LogP contribution in [0.1, 0.15) is 22.3 Å². The number of nitrogens with zero attached hydrogens (tertiary/aromatic N) is 2. The maximum atomic E-state index is 12.8. The van der Waals surface area contributed by atoms with E-state index >= 15 is 0 Å². The highest BCUT2D eigenvalue weighted by Gasteiger charge is 2.21. The van der Waals surface area contributed by atoms with Gasteiger partial charge in [0.05, 0.1) is 12.3 Å². The van der Waals surface area contributed by atoms with Gasteiger partial charge in [-0.1, -0.05) is 24.3 Å². The highest BCUT2D eigenvalue weighted by molar-refractivity contribution is 7.98. The first-order chi connectivity index (χ1) is 16.2. The normalized spacial score (nSPS) is 13.2. The summed E-state index contributed by atoms with van der Waals surface area (Å²) in [4.78, 5) is 20.6. The van der Waals surface area contributed by atoms with Gasteiger partial charge in [0.15, 0.2) is 0 Å². The van der Waals surface area contributed by atoms with E-state index in [4.69, 9.17) is 4.74 Å². The van der Waals surface area contributed by atoms with Crippen LogP contribution in [-0.2, 0) is 6.54 Å². The third kappa shape index (κ3) is 4.52. The molecule has 0 saturated heterocycles. The molecule has 33 heavy (non-hydrogen) atoms. The minimum absolute atomic E-state index is 0.109. The first-order valence-electron chi connectivity index (χ1n) is 11.0. The van der Waals surface area contributed by atoms with Crippen LogP contribution in [0.15, 0.2) is 84.0 Å². The Morgan fingerprint density at radius 1 is 1.09 bits per heavy atom. The number of hydrogen-bond acceptors (Lipinski definition) is 5. The number of pyridine rings is 1. The maximum Gasteiger partial charge on any atom is 0.251 e. The number of thioether (sulfide) groups is 1. The molecule has 2 heterocycles. The van der Waals surface area contributed by atoms with Gasteiger partial charge in [0, 0.05) is 52.4 Å². The summed E-state index contributed by atoms with van der Waals surface area (Å²) in [6.07, 6.45) is 6.65. The molecule has 1 aliphatic heterocycles. The molecule has 6 heteroatoms. The SMILES string of the molecule is CSc1ccc(CNC(=O)c2ccc3c(c2)OCCCN3c2cccc3cnccc23)cc1. The summed E-state index contributed by atoms with van der Waals surface area (Å²) in [5, 5.41) is 5.27. The number of ether oxygens (including phenoxy) is 1. The molecule has 1 aliphatic rings. The molecule has 5 rings (SSSR count). The number of carbonyl (C=O) groups is 1. The molecular formula is C27H25N3O2S. The Hall–Kier alpha value is -3.51. The lowest BCUT2D eigenvalue weighted by Gasteiger charge is -2.25. The number of fused-ring (bicyclic) bond motifs is 2. The van der Waals surface area contributed by atoms with Gasteiger partial charge >= 0.3 is 0 Å². The van der Waals surface area contributed by atoms with Crippen molar-refractivity contribution in [1.82, 2.24) is 10.3 Å². The number of rotatable bonds is 5. The molecule has 4 aromatic rings. The van der Waals surface area contributed by atoms with Crippen LogP contribution >= 0.6 is 11.8 Å². The second kappa shape index (κ2) is 9.55. The summed E-state index contributed by atoms with van der Waals surface area (Å²) in [6.45, 7) is 1.94. The molecule has 0 bridgehead atoms. The van der Waals surface area contributed by atoms with Crippen LogP contribution in [-0.4, -0.2) is 30.3 Å². The number of benzene rings is 3. The minimum atomic E-state index is -0.109. The van der Waals surface area contributed by atoms with Crippen LogP contribution in [0.4, 0.5) is 11.4 Å². The fourth-order valence-corrected chi connectivity index (χ4v) is 4.55. The Labute approximate surface area is 197 Å². The average Bonchev–Trinajstić information content (AvgIpc) is 3.09. The molecule has 0 atom stereocenters. The van der Waals surface area contributed by atoms with Crippen molar-refractivity contribution in [3.8, 4) is 5.75 Å².